The van der Waals surface area contributed by atoms with Crippen LogP contribution in [0, 0.1) is 5.92 Å². The zero-order valence-corrected chi connectivity index (χ0v) is 9.98. The van der Waals surface area contributed by atoms with Crippen LogP contribution in [0.1, 0.15) is 44.9 Å². The summed E-state index contributed by atoms with van der Waals surface area (Å²) in [6.45, 7) is 1.98. The quantitative estimate of drug-likeness (QED) is 0.573. The van der Waals surface area contributed by atoms with E-state index >= 15 is 0 Å². The highest BCUT2D eigenvalue weighted by Crippen LogP contribution is 2.26. The molecule has 3 heteroatoms. The Labute approximate surface area is 97.8 Å². The number of nitrogens with zero attached hydrogens (tertiary/aromatic N) is 1. The molecule has 1 N–H and O–H groups in total. The normalized spacial score (nSPS) is 34.6. The molecular weight excluding hydrogens is 202 g/mol. The van der Waals surface area contributed by atoms with Crippen molar-refractivity contribution >= 4 is 6.29 Å². The third-order valence-corrected chi connectivity index (χ3v) is 4.18. The molecule has 16 heavy (non-hydrogen) atoms. The van der Waals surface area contributed by atoms with Crippen molar-refractivity contribution in [2.75, 3.05) is 13.1 Å². The zero-order valence-electron chi connectivity index (χ0n) is 9.98. The van der Waals surface area contributed by atoms with Gasteiger partial charge in [-0.2, -0.15) is 0 Å². The van der Waals surface area contributed by atoms with Crippen LogP contribution in [-0.2, 0) is 4.79 Å². The third-order valence-electron chi connectivity index (χ3n) is 4.18. The summed E-state index contributed by atoms with van der Waals surface area (Å²) in [6.07, 6.45) is 8.68. The van der Waals surface area contributed by atoms with Crippen molar-refractivity contribution in [3.63, 3.8) is 0 Å². The van der Waals surface area contributed by atoms with Crippen molar-refractivity contribution in [1.29, 1.82) is 0 Å². The Balaban J connectivity index is 1.88. The Morgan fingerprint density at radius 2 is 1.69 bits per heavy atom. The van der Waals surface area contributed by atoms with E-state index in [1.54, 1.807) is 0 Å². The summed E-state index contributed by atoms with van der Waals surface area (Å²) in [5, 5.41) is 10.1. The molecule has 2 rings (SSSR count). The van der Waals surface area contributed by atoms with Gasteiger partial charge in [-0.1, -0.05) is 19.3 Å². The van der Waals surface area contributed by atoms with Crippen molar-refractivity contribution in [3.8, 4) is 0 Å². The van der Waals surface area contributed by atoms with Crippen LogP contribution < -0.4 is 0 Å². The molecular formula is C13H23NO2. The number of carbonyl (C=O) groups is 1. The van der Waals surface area contributed by atoms with Crippen molar-refractivity contribution < 1.29 is 9.90 Å². The van der Waals surface area contributed by atoms with Crippen LogP contribution in [0.4, 0.5) is 0 Å². The number of likely N-dealkylation sites (tertiary alicyclic amines) is 1. The second kappa shape index (κ2) is 5.78. The topological polar surface area (TPSA) is 40.5 Å². The van der Waals surface area contributed by atoms with Gasteiger partial charge < -0.3 is 9.90 Å². The van der Waals surface area contributed by atoms with Gasteiger partial charge in [0.15, 0.2) is 0 Å². The minimum Gasteiger partial charge on any atom is -0.391 e. The summed E-state index contributed by atoms with van der Waals surface area (Å²) >= 11 is 0. The molecule has 0 aromatic rings. The van der Waals surface area contributed by atoms with Crippen LogP contribution in [0.2, 0.25) is 0 Å². The van der Waals surface area contributed by atoms with Crippen LogP contribution in [0.25, 0.3) is 0 Å². The van der Waals surface area contributed by atoms with Gasteiger partial charge in [-0.15, -0.1) is 0 Å². The predicted molar refractivity (Wildman–Crippen MR) is 63.2 cm³/mol. The van der Waals surface area contributed by atoms with Crippen molar-refractivity contribution in [2.45, 2.75) is 57.1 Å². The lowest BCUT2D eigenvalue weighted by Gasteiger charge is -2.38. The number of rotatable bonds is 2. The molecule has 1 saturated carbocycles. The van der Waals surface area contributed by atoms with E-state index in [1.807, 2.05) is 0 Å². The summed E-state index contributed by atoms with van der Waals surface area (Å²) < 4.78 is 0. The Morgan fingerprint density at radius 3 is 2.38 bits per heavy atom. The molecule has 0 aromatic heterocycles. The largest absolute Gasteiger partial charge is 0.391 e. The first-order valence-corrected chi connectivity index (χ1v) is 6.68. The molecule has 1 saturated heterocycles. The van der Waals surface area contributed by atoms with Crippen molar-refractivity contribution in [1.82, 2.24) is 4.90 Å². The maximum atomic E-state index is 10.7. The molecule has 2 atom stereocenters. The lowest BCUT2D eigenvalue weighted by Crippen LogP contribution is -2.47. The van der Waals surface area contributed by atoms with Crippen LogP contribution in [0.5, 0.6) is 0 Å². The van der Waals surface area contributed by atoms with E-state index in [4.69, 9.17) is 0 Å². The lowest BCUT2D eigenvalue weighted by atomic mass is 9.95. The zero-order chi connectivity index (χ0) is 11.4. The van der Waals surface area contributed by atoms with E-state index in [1.165, 1.54) is 19.3 Å². The van der Waals surface area contributed by atoms with Gasteiger partial charge in [0.1, 0.15) is 6.29 Å². The third kappa shape index (κ3) is 2.83. The Hall–Kier alpha value is -0.410. The molecule has 0 bridgehead atoms. The lowest BCUT2D eigenvalue weighted by molar-refractivity contribution is -0.112. The van der Waals surface area contributed by atoms with Gasteiger partial charge in [-0.3, -0.25) is 4.90 Å². The maximum Gasteiger partial charge on any atom is 0.123 e. The fraction of sp³-hybridized carbons (Fsp3) is 0.923. The van der Waals surface area contributed by atoms with Gasteiger partial charge in [0.2, 0.25) is 0 Å². The molecule has 2 aliphatic rings. The minimum atomic E-state index is -0.143. The molecule has 3 nitrogen and oxygen atoms in total. The molecule has 0 aromatic carbocycles. The van der Waals surface area contributed by atoms with E-state index in [9.17, 15) is 9.90 Å². The van der Waals surface area contributed by atoms with Crippen LogP contribution in [0.15, 0.2) is 0 Å². The molecule has 0 amide bonds. The second-order valence-electron chi connectivity index (χ2n) is 5.28. The number of hydrogen-bond donors (Lipinski definition) is 1. The first-order chi connectivity index (χ1) is 7.81. The molecule has 92 valence electrons. The average molecular weight is 225 g/mol. The summed E-state index contributed by atoms with van der Waals surface area (Å²) in [5.41, 5.74) is 0. The molecule has 1 aliphatic carbocycles. The maximum absolute atomic E-state index is 10.7. The molecule has 2 unspecified atom stereocenters. The second-order valence-corrected chi connectivity index (χ2v) is 5.28. The van der Waals surface area contributed by atoms with Crippen LogP contribution >= 0.6 is 0 Å². The fourth-order valence-corrected chi connectivity index (χ4v) is 3.08. The molecule has 0 spiro atoms. The molecule has 2 fully saturated rings. The molecule has 1 heterocycles. The fourth-order valence-electron chi connectivity index (χ4n) is 3.08. The van der Waals surface area contributed by atoms with E-state index in [0.717, 1.165) is 45.1 Å². The Kier molecular flexibility index (Phi) is 4.36. The average Bonchev–Trinajstić information content (AvgIpc) is 2.54. The highest BCUT2D eigenvalue weighted by atomic mass is 16.3. The number of aliphatic hydroxyl groups is 1. The van der Waals surface area contributed by atoms with Gasteiger partial charge in [0, 0.05) is 12.0 Å². The van der Waals surface area contributed by atoms with Crippen LogP contribution in [0.3, 0.4) is 0 Å². The highest BCUT2D eigenvalue weighted by Gasteiger charge is 2.30. The van der Waals surface area contributed by atoms with Gasteiger partial charge in [-0.25, -0.2) is 0 Å². The molecule has 0 radical (unpaired) electrons. The number of hydrogen-bond acceptors (Lipinski definition) is 3. The van der Waals surface area contributed by atoms with E-state index in [0.29, 0.717) is 6.04 Å². The minimum absolute atomic E-state index is 0.143. The van der Waals surface area contributed by atoms with Crippen molar-refractivity contribution in [2.24, 2.45) is 5.92 Å². The van der Waals surface area contributed by atoms with E-state index in [-0.39, 0.29) is 12.0 Å². The smallest absolute Gasteiger partial charge is 0.123 e. The molecule has 1 aliphatic heterocycles. The standard InChI is InChI=1S/C13H23NO2/c15-10-11-6-8-14(9-7-11)12-4-2-1-3-5-13(12)16/h10-13,16H,1-9H2. The Morgan fingerprint density at radius 1 is 1.00 bits per heavy atom. The van der Waals surface area contributed by atoms with Gasteiger partial charge >= 0.3 is 0 Å². The predicted octanol–water partition coefficient (Wildman–Crippen LogP) is 1.59. The number of piperidine rings is 1. The first-order valence-electron chi connectivity index (χ1n) is 6.68. The van der Waals surface area contributed by atoms with Crippen LogP contribution in [-0.4, -0.2) is 41.5 Å². The summed E-state index contributed by atoms with van der Waals surface area (Å²) in [6, 6.07) is 0.357. The summed E-state index contributed by atoms with van der Waals surface area (Å²) in [4.78, 5) is 13.1. The number of aldehydes is 1. The van der Waals surface area contributed by atoms with Gasteiger partial charge in [-0.05, 0) is 38.8 Å². The Bertz CT molecular complexity index is 224. The monoisotopic (exact) mass is 225 g/mol. The summed E-state index contributed by atoms with van der Waals surface area (Å²) in [7, 11) is 0. The highest BCUT2D eigenvalue weighted by molar-refractivity contribution is 5.53. The van der Waals surface area contributed by atoms with Gasteiger partial charge in [0.05, 0.1) is 6.10 Å². The number of carbonyl (C=O) groups excluding carboxylic acids is 1. The SMILES string of the molecule is O=CC1CCN(C2CCCCCC2O)CC1. The van der Waals surface area contributed by atoms with Crippen molar-refractivity contribution in [3.05, 3.63) is 0 Å². The summed E-state index contributed by atoms with van der Waals surface area (Å²) in [5.74, 6) is 0.263. The van der Waals surface area contributed by atoms with E-state index in [2.05, 4.69) is 4.90 Å². The van der Waals surface area contributed by atoms with E-state index < -0.39 is 0 Å². The first kappa shape index (κ1) is 12.1. The van der Waals surface area contributed by atoms with Gasteiger partial charge in [0.25, 0.3) is 0 Å². The number of aliphatic hydroxyl groups excluding tert-OH is 1.